The molecule has 2 aromatic carbocycles. The number of rotatable bonds is 7. The molecule has 7 heteroatoms. The zero-order chi connectivity index (χ0) is 19.1. The third-order valence-electron chi connectivity index (χ3n) is 3.91. The van der Waals surface area contributed by atoms with Crippen LogP contribution in [0.3, 0.4) is 0 Å². The van der Waals surface area contributed by atoms with Gasteiger partial charge in [-0.15, -0.1) is 0 Å². The molecule has 6 nitrogen and oxygen atoms in total. The molecule has 2 N–H and O–H groups in total. The third-order valence-corrected chi connectivity index (χ3v) is 4.44. The predicted octanol–water partition coefficient (Wildman–Crippen LogP) is 4.75. The molecule has 26 heavy (non-hydrogen) atoms. The van der Waals surface area contributed by atoms with Gasteiger partial charge in [-0.05, 0) is 24.1 Å². The van der Waals surface area contributed by atoms with Crippen LogP contribution in [0.2, 0.25) is 0 Å². The summed E-state index contributed by atoms with van der Waals surface area (Å²) >= 11 is 3.42. The lowest BCUT2D eigenvalue weighted by Crippen LogP contribution is -2.32. The van der Waals surface area contributed by atoms with E-state index in [1.165, 1.54) is 21.3 Å². The highest BCUT2D eigenvalue weighted by Crippen LogP contribution is 2.39. The Balaban J connectivity index is 2.14. The Morgan fingerprint density at radius 3 is 2.08 bits per heavy atom. The number of halogens is 1. The number of amides is 2. The van der Waals surface area contributed by atoms with E-state index in [-0.39, 0.29) is 12.1 Å². The number of urea groups is 1. The normalized spacial score (nSPS) is 11.4. The van der Waals surface area contributed by atoms with Crippen LogP contribution in [-0.2, 0) is 0 Å². The van der Waals surface area contributed by atoms with Crippen molar-refractivity contribution < 1.29 is 19.0 Å². The summed E-state index contributed by atoms with van der Waals surface area (Å²) < 4.78 is 16.9. The second-order valence-electron chi connectivity index (χ2n) is 5.52. The van der Waals surface area contributed by atoms with Gasteiger partial charge >= 0.3 is 6.03 Å². The third kappa shape index (κ3) is 4.82. The summed E-state index contributed by atoms with van der Waals surface area (Å²) in [5.41, 5.74) is 1.58. The average Bonchev–Trinajstić information content (AvgIpc) is 2.65. The highest BCUT2D eigenvalue weighted by molar-refractivity contribution is 9.10. The second kappa shape index (κ2) is 9.33. The van der Waals surface area contributed by atoms with Crippen LogP contribution in [0.15, 0.2) is 40.9 Å². The molecule has 0 bridgehead atoms. The number of carbonyl (C=O) groups excluding carboxylic acids is 1. The number of carbonyl (C=O) groups is 1. The number of anilines is 1. The van der Waals surface area contributed by atoms with Gasteiger partial charge in [-0.2, -0.15) is 0 Å². The van der Waals surface area contributed by atoms with Gasteiger partial charge in [-0.3, -0.25) is 0 Å². The first-order valence-electron chi connectivity index (χ1n) is 8.15. The Bertz CT molecular complexity index is 725. The van der Waals surface area contributed by atoms with E-state index in [0.717, 1.165) is 16.5 Å². The van der Waals surface area contributed by atoms with Crippen molar-refractivity contribution in [3.8, 4) is 17.2 Å². The summed E-state index contributed by atoms with van der Waals surface area (Å²) in [7, 11) is 4.59. The minimum atomic E-state index is -0.311. The van der Waals surface area contributed by atoms with Crippen molar-refractivity contribution >= 4 is 27.6 Å². The maximum Gasteiger partial charge on any atom is 0.319 e. The number of benzene rings is 2. The lowest BCUT2D eigenvalue weighted by atomic mass is 10.1. The average molecular weight is 423 g/mol. The molecular formula is C19H23BrN2O4. The molecule has 1 atom stereocenters. The molecule has 0 fully saturated rings. The standard InChI is InChI=1S/C19H23BrN2O4/c1-5-15(12-6-8-13(20)9-7-12)22-19(23)21-14-10-16(24-2)18(26-4)17(11-14)25-3/h6-11,15H,5H2,1-4H3,(H2,21,22,23)/t15-/m1/s1. The summed E-state index contributed by atoms with van der Waals surface area (Å²) in [4.78, 5) is 12.4. The second-order valence-corrected chi connectivity index (χ2v) is 6.44. The van der Waals surface area contributed by atoms with Crippen molar-refractivity contribution in [2.45, 2.75) is 19.4 Å². The van der Waals surface area contributed by atoms with Crippen LogP contribution in [0.25, 0.3) is 0 Å². The maximum atomic E-state index is 12.4. The van der Waals surface area contributed by atoms with Crippen LogP contribution < -0.4 is 24.8 Å². The molecule has 140 valence electrons. The predicted molar refractivity (Wildman–Crippen MR) is 105 cm³/mol. The summed E-state index contributed by atoms with van der Waals surface area (Å²) in [6.07, 6.45) is 0.768. The maximum absolute atomic E-state index is 12.4. The molecule has 0 aliphatic heterocycles. The molecule has 0 heterocycles. The lowest BCUT2D eigenvalue weighted by Gasteiger charge is -2.19. The molecule has 0 saturated carbocycles. The van der Waals surface area contributed by atoms with E-state index in [4.69, 9.17) is 14.2 Å². The van der Waals surface area contributed by atoms with E-state index < -0.39 is 0 Å². The van der Waals surface area contributed by atoms with E-state index in [2.05, 4.69) is 26.6 Å². The number of ether oxygens (including phenoxy) is 3. The van der Waals surface area contributed by atoms with Gasteiger partial charge in [-0.25, -0.2) is 4.79 Å². The van der Waals surface area contributed by atoms with Crippen LogP contribution in [-0.4, -0.2) is 27.4 Å². The SMILES string of the molecule is CC[C@@H](NC(=O)Nc1cc(OC)c(OC)c(OC)c1)c1ccc(Br)cc1. The molecule has 2 rings (SSSR count). The van der Waals surface area contributed by atoms with Gasteiger partial charge in [0.1, 0.15) is 0 Å². The van der Waals surface area contributed by atoms with Crippen molar-refractivity contribution in [2.24, 2.45) is 0 Å². The molecule has 2 aromatic rings. The van der Waals surface area contributed by atoms with Gasteiger partial charge in [0.2, 0.25) is 5.75 Å². The lowest BCUT2D eigenvalue weighted by molar-refractivity contribution is 0.248. The smallest absolute Gasteiger partial charge is 0.319 e. The zero-order valence-corrected chi connectivity index (χ0v) is 16.8. The fraction of sp³-hybridized carbons (Fsp3) is 0.316. The molecule has 0 saturated heterocycles. The molecule has 0 unspecified atom stereocenters. The Labute approximate surface area is 162 Å². The van der Waals surface area contributed by atoms with Crippen molar-refractivity contribution in [1.82, 2.24) is 5.32 Å². The number of hydrogen-bond donors (Lipinski definition) is 2. The quantitative estimate of drug-likeness (QED) is 0.675. The van der Waals surface area contributed by atoms with E-state index in [1.807, 2.05) is 31.2 Å². The highest BCUT2D eigenvalue weighted by Gasteiger charge is 2.16. The Hall–Kier alpha value is -2.41. The molecular weight excluding hydrogens is 400 g/mol. The first-order valence-corrected chi connectivity index (χ1v) is 8.94. The fourth-order valence-corrected chi connectivity index (χ4v) is 2.86. The first-order chi connectivity index (χ1) is 12.5. The molecule has 2 amide bonds. The van der Waals surface area contributed by atoms with E-state index in [9.17, 15) is 4.79 Å². The summed E-state index contributed by atoms with van der Waals surface area (Å²) in [6, 6.07) is 10.8. The number of hydrogen-bond acceptors (Lipinski definition) is 4. The van der Waals surface area contributed by atoms with E-state index >= 15 is 0 Å². The van der Waals surface area contributed by atoms with E-state index in [1.54, 1.807) is 12.1 Å². The van der Waals surface area contributed by atoms with Gasteiger partial charge < -0.3 is 24.8 Å². The highest BCUT2D eigenvalue weighted by atomic mass is 79.9. The Morgan fingerprint density at radius 2 is 1.62 bits per heavy atom. The van der Waals surface area contributed by atoms with Crippen molar-refractivity contribution in [3.05, 3.63) is 46.4 Å². The Morgan fingerprint density at radius 1 is 1.04 bits per heavy atom. The molecule has 0 aliphatic rings. The summed E-state index contributed by atoms with van der Waals surface area (Å²) in [6.45, 7) is 2.02. The van der Waals surface area contributed by atoms with Crippen LogP contribution >= 0.6 is 15.9 Å². The molecule has 0 spiro atoms. The minimum Gasteiger partial charge on any atom is -0.493 e. The number of nitrogens with one attached hydrogen (secondary N) is 2. The van der Waals surface area contributed by atoms with Crippen molar-refractivity contribution in [3.63, 3.8) is 0 Å². The van der Waals surface area contributed by atoms with Gasteiger partial charge in [0.15, 0.2) is 11.5 Å². The molecule has 0 radical (unpaired) electrons. The van der Waals surface area contributed by atoms with Crippen LogP contribution in [0.1, 0.15) is 24.9 Å². The summed E-state index contributed by atoms with van der Waals surface area (Å²) in [5.74, 6) is 1.42. The van der Waals surface area contributed by atoms with Gasteiger partial charge in [0, 0.05) is 16.6 Å². The monoisotopic (exact) mass is 422 g/mol. The number of methoxy groups -OCH3 is 3. The summed E-state index contributed by atoms with van der Waals surface area (Å²) in [5, 5.41) is 5.79. The fourth-order valence-electron chi connectivity index (χ4n) is 2.59. The van der Waals surface area contributed by atoms with Gasteiger partial charge in [-0.1, -0.05) is 35.0 Å². The van der Waals surface area contributed by atoms with E-state index in [0.29, 0.717) is 22.9 Å². The first kappa shape index (κ1) is 19.9. The Kier molecular flexibility index (Phi) is 7.15. The minimum absolute atomic E-state index is 0.0925. The molecule has 0 aliphatic carbocycles. The topological polar surface area (TPSA) is 68.8 Å². The van der Waals surface area contributed by atoms with Crippen molar-refractivity contribution in [1.29, 1.82) is 0 Å². The van der Waals surface area contributed by atoms with Crippen molar-refractivity contribution in [2.75, 3.05) is 26.6 Å². The molecule has 0 aromatic heterocycles. The largest absolute Gasteiger partial charge is 0.493 e. The van der Waals surface area contributed by atoms with Crippen LogP contribution in [0, 0.1) is 0 Å². The van der Waals surface area contributed by atoms with Crippen LogP contribution in [0.5, 0.6) is 17.2 Å². The zero-order valence-electron chi connectivity index (χ0n) is 15.3. The van der Waals surface area contributed by atoms with Crippen LogP contribution in [0.4, 0.5) is 10.5 Å². The van der Waals surface area contributed by atoms with Gasteiger partial charge in [0.05, 0.1) is 33.1 Å². The van der Waals surface area contributed by atoms with Gasteiger partial charge in [0.25, 0.3) is 0 Å².